The van der Waals surface area contributed by atoms with Crippen molar-refractivity contribution in [1.29, 1.82) is 0 Å². The highest BCUT2D eigenvalue weighted by molar-refractivity contribution is 5.79. The molecule has 1 aromatic rings. The number of hydrogen-bond acceptors (Lipinski definition) is 4. The minimum atomic E-state index is -0.768. The molecule has 0 bridgehead atoms. The van der Waals surface area contributed by atoms with Crippen molar-refractivity contribution in [2.24, 2.45) is 10.9 Å². The van der Waals surface area contributed by atoms with Gasteiger partial charge in [-0.25, -0.2) is 0 Å². The van der Waals surface area contributed by atoms with Crippen LogP contribution >= 0.6 is 0 Å². The van der Waals surface area contributed by atoms with Gasteiger partial charge >= 0.3 is 5.97 Å². The SMILES string of the molecule is NN=Cc1ccc(OCCCCC(=O)O)cc1. The first kappa shape index (κ1) is 13.0. The van der Waals surface area contributed by atoms with E-state index in [4.69, 9.17) is 15.7 Å². The Hall–Kier alpha value is -2.04. The first-order valence-corrected chi connectivity index (χ1v) is 5.40. The Labute approximate surface area is 99.9 Å². The molecule has 0 aliphatic rings. The van der Waals surface area contributed by atoms with Crippen LogP contribution in [0, 0.1) is 0 Å². The monoisotopic (exact) mass is 236 g/mol. The fourth-order valence-electron chi connectivity index (χ4n) is 1.30. The average Bonchev–Trinajstić information content (AvgIpc) is 2.31. The van der Waals surface area contributed by atoms with Gasteiger partial charge in [0.25, 0.3) is 0 Å². The van der Waals surface area contributed by atoms with Crippen LogP contribution in [0.1, 0.15) is 24.8 Å². The number of carboxylic acids is 1. The number of rotatable bonds is 7. The minimum Gasteiger partial charge on any atom is -0.494 e. The number of nitrogens with two attached hydrogens (primary N) is 1. The first-order chi connectivity index (χ1) is 8.22. The maximum atomic E-state index is 10.3. The highest BCUT2D eigenvalue weighted by Crippen LogP contribution is 2.11. The molecule has 0 aromatic heterocycles. The van der Waals surface area contributed by atoms with E-state index in [1.807, 2.05) is 24.3 Å². The van der Waals surface area contributed by atoms with Gasteiger partial charge in [-0.05, 0) is 42.7 Å². The van der Waals surface area contributed by atoms with Crippen LogP contribution in [0.2, 0.25) is 0 Å². The van der Waals surface area contributed by atoms with Crippen molar-refractivity contribution in [3.8, 4) is 5.75 Å². The third-order valence-corrected chi connectivity index (χ3v) is 2.16. The quantitative estimate of drug-likeness (QED) is 0.326. The van der Waals surface area contributed by atoms with Crippen LogP contribution in [0.5, 0.6) is 5.75 Å². The molecule has 0 saturated heterocycles. The van der Waals surface area contributed by atoms with Gasteiger partial charge in [0.2, 0.25) is 0 Å². The second kappa shape index (κ2) is 7.27. The van der Waals surface area contributed by atoms with E-state index in [9.17, 15) is 4.79 Å². The lowest BCUT2D eigenvalue weighted by molar-refractivity contribution is -0.137. The standard InChI is InChI=1S/C12H16N2O3/c13-14-9-10-4-6-11(7-5-10)17-8-2-1-3-12(15)16/h4-7,9H,1-3,8,13H2,(H,15,16). The number of aliphatic carboxylic acids is 1. The number of hydrazone groups is 1. The maximum absolute atomic E-state index is 10.3. The number of carbonyl (C=O) groups is 1. The topological polar surface area (TPSA) is 84.9 Å². The van der Waals surface area contributed by atoms with Crippen molar-refractivity contribution in [3.05, 3.63) is 29.8 Å². The summed E-state index contributed by atoms with van der Waals surface area (Å²) in [5.41, 5.74) is 0.908. The largest absolute Gasteiger partial charge is 0.494 e. The van der Waals surface area contributed by atoms with Crippen LogP contribution in [0.4, 0.5) is 0 Å². The molecule has 1 aromatic carbocycles. The Morgan fingerprint density at radius 1 is 1.35 bits per heavy atom. The molecule has 0 radical (unpaired) electrons. The molecule has 17 heavy (non-hydrogen) atoms. The third-order valence-electron chi connectivity index (χ3n) is 2.16. The molecule has 1 rings (SSSR count). The Bertz CT molecular complexity index is 374. The second-order valence-corrected chi connectivity index (χ2v) is 3.55. The van der Waals surface area contributed by atoms with E-state index in [0.29, 0.717) is 13.0 Å². The molecular formula is C12H16N2O3. The fraction of sp³-hybridized carbons (Fsp3) is 0.333. The molecule has 0 unspecified atom stereocenters. The van der Waals surface area contributed by atoms with Crippen LogP contribution in [0.15, 0.2) is 29.4 Å². The number of unbranched alkanes of at least 4 members (excludes halogenated alkanes) is 1. The minimum absolute atomic E-state index is 0.190. The Balaban J connectivity index is 2.25. The van der Waals surface area contributed by atoms with Crippen LogP contribution in [0.25, 0.3) is 0 Å². The zero-order valence-electron chi connectivity index (χ0n) is 9.50. The van der Waals surface area contributed by atoms with E-state index in [-0.39, 0.29) is 6.42 Å². The predicted molar refractivity (Wildman–Crippen MR) is 65.2 cm³/mol. The summed E-state index contributed by atoms with van der Waals surface area (Å²) in [6.07, 6.45) is 3.11. The fourth-order valence-corrected chi connectivity index (χ4v) is 1.30. The molecule has 0 amide bonds. The zero-order valence-corrected chi connectivity index (χ0v) is 9.50. The van der Waals surface area contributed by atoms with E-state index in [0.717, 1.165) is 17.7 Å². The highest BCUT2D eigenvalue weighted by atomic mass is 16.5. The molecule has 0 spiro atoms. The average molecular weight is 236 g/mol. The van der Waals surface area contributed by atoms with E-state index in [1.165, 1.54) is 0 Å². The summed E-state index contributed by atoms with van der Waals surface area (Å²) < 4.78 is 5.45. The lowest BCUT2D eigenvalue weighted by atomic mass is 10.2. The van der Waals surface area contributed by atoms with Gasteiger partial charge in [0.15, 0.2) is 0 Å². The van der Waals surface area contributed by atoms with Crippen molar-refractivity contribution in [1.82, 2.24) is 0 Å². The van der Waals surface area contributed by atoms with Gasteiger partial charge in [0, 0.05) is 6.42 Å². The third kappa shape index (κ3) is 5.55. The summed E-state index contributed by atoms with van der Waals surface area (Å²) >= 11 is 0. The number of benzene rings is 1. The molecule has 3 N–H and O–H groups in total. The first-order valence-electron chi connectivity index (χ1n) is 5.40. The molecule has 0 atom stereocenters. The zero-order chi connectivity index (χ0) is 12.5. The Kier molecular flexibility index (Phi) is 5.57. The van der Waals surface area contributed by atoms with Gasteiger partial charge in [-0.2, -0.15) is 5.10 Å². The molecule has 0 saturated carbocycles. The summed E-state index contributed by atoms with van der Waals surface area (Å²) in [5, 5.41) is 11.9. The maximum Gasteiger partial charge on any atom is 0.303 e. The van der Waals surface area contributed by atoms with Gasteiger partial charge in [-0.1, -0.05) is 0 Å². The van der Waals surface area contributed by atoms with Gasteiger partial charge in [-0.15, -0.1) is 0 Å². The summed E-state index contributed by atoms with van der Waals surface area (Å²) in [6, 6.07) is 7.36. The van der Waals surface area contributed by atoms with Gasteiger partial charge in [0.1, 0.15) is 5.75 Å². The molecule has 5 heteroatoms. The summed E-state index contributed by atoms with van der Waals surface area (Å²) in [5.74, 6) is 5.02. The lowest BCUT2D eigenvalue weighted by Crippen LogP contribution is -2.00. The number of carboxylic acid groups (broad SMARTS) is 1. The van der Waals surface area contributed by atoms with Crippen molar-refractivity contribution in [2.45, 2.75) is 19.3 Å². The number of ether oxygens (including phenoxy) is 1. The Morgan fingerprint density at radius 3 is 2.65 bits per heavy atom. The van der Waals surface area contributed by atoms with Crippen LogP contribution in [0.3, 0.4) is 0 Å². The molecule has 92 valence electrons. The summed E-state index contributed by atoms with van der Waals surface area (Å²) in [4.78, 5) is 10.3. The molecule has 5 nitrogen and oxygen atoms in total. The van der Waals surface area contributed by atoms with E-state index < -0.39 is 5.97 Å². The number of nitrogens with zero attached hydrogens (tertiary/aromatic N) is 1. The molecule has 0 aliphatic carbocycles. The lowest BCUT2D eigenvalue weighted by Gasteiger charge is -2.05. The summed E-state index contributed by atoms with van der Waals surface area (Å²) in [7, 11) is 0. The second-order valence-electron chi connectivity index (χ2n) is 3.55. The van der Waals surface area contributed by atoms with Crippen molar-refractivity contribution in [2.75, 3.05) is 6.61 Å². The van der Waals surface area contributed by atoms with Crippen molar-refractivity contribution < 1.29 is 14.6 Å². The van der Waals surface area contributed by atoms with Crippen molar-refractivity contribution >= 4 is 12.2 Å². The molecule has 0 fully saturated rings. The smallest absolute Gasteiger partial charge is 0.303 e. The van der Waals surface area contributed by atoms with Gasteiger partial charge in [0.05, 0.1) is 12.8 Å². The van der Waals surface area contributed by atoms with Crippen LogP contribution in [-0.4, -0.2) is 23.9 Å². The van der Waals surface area contributed by atoms with E-state index in [1.54, 1.807) is 6.21 Å². The van der Waals surface area contributed by atoms with Crippen LogP contribution < -0.4 is 10.6 Å². The van der Waals surface area contributed by atoms with Gasteiger partial charge < -0.3 is 15.7 Å². The predicted octanol–water partition coefficient (Wildman–Crippen LogP) is 1.61. The normalized spacial score (nSPS) is 10.6. The molecular weight excluding hydrogens is 220 g/mol. The Morgan fingerprint density at radius 2 is 2.06 bits per heavy atom. The molecule has 0 aliphatic heterocycles. The van der Waals surface area contributed by atoms with Crippen LogP contribution in [-0.2, 0) is 4.79 Å². The van der Waals surface area contributed by atoms with Gasteiger partial charge in [-0.3, -0.25) is 4.79 Å². The summed E-state index contributed by atoms with van der Waals surface area (Å²) in [6.45, 7) is 0.525. The molecule has 0 heterocycles. The van der Waals surface area contributed by atoms with E-state index in [2.05, 4.69) is 5.10 Å². The highest BCUT2D eigenvalue weighted by Gasteiger charge is 1.97. The number of hydrogen-bond donors (Lipinski definition) is 2. The van der Waals surface area contributed by atoms with E-state index >= 15 is 0 Å². The van der Waals surface area contributed by atoms with Crippen molar-refractivity contribution in [3.63, 3.8) is 0 Å².